The molecule has 152 valence electrons. The normalized spacial score (nSPS) is 10.9. The van der Waals surface area contributed by atoms with Crippen molar-refractivity contribution in [2.24, 2.45) is 0 Å². The Morgan fingerprint density at radius 2 is 1.86 bits per heavy atom. The van der Waals surface area contributed by atoms with Gasteiger partial charge in [-0.25, -0.2) is 4.79 Å². The number of nitrogens with zero attached hydrogens (tertiary/aromatic N) is 1. The van der Waals surface area contributed by atoms with E-state index in [1.54, 1.807) is 18.2 Å². The molecule has 0 spiro atoms. The second-order valence-electron chi connectivity index (χ2n) is 6.76. The van der Waals surface area contributed by atoms with Crippen LogP contribution in [0.5, 0.6) is 0 Å². The SMILES string of the molecule is COC(=O)CCCn1c(C)cc(C(=O)COC(=O)c2cc3ccccc3o2)c1C. The van der Waals surface area contributed by atoms with Gasteiger partial charge >= 0.3 is 11.9 Å². The maximum atomic E-state index is 12.6. The van der Waals surface area contributed by atoms with Crippen molar-refractivity contribution in [3.05, 3.63) is 59.1 Å². The van der Waals surface area contributed by atoms with Crippen LogP contribution in [0.3, 0.4) is 0 Å². The third-order valence-corrected chi connectivity index (χ3v) is 4.83. The van der Waals surface area contributed by atoms with Crippen molar-refractivity contribution < 1.29 is 28.3 Å². The molecule has 0 saturated heterocycles. The maximum Gasteiger partial charge on any atom is 0.374 e. The van der Waals surface area contributed by atoms with Gasteiger partial charge in [-0.15, -0.1) is 0 Å². The molecule has 3 aromatic rings. The van der Waals surface area contributed by atoms with Gasteiger partial charge in [0.1, 0.15) is 5.58 Å². The molecule has 2 aromatic heterocycles. The summed E-state index contributed by atoms with van der Waals surface area (Å²) in [6.45, 7) is 3.95. The lowest BCUT2D eigenvalue weighted by Crippen LogP contribution is -2.15. The van der Waals surface area contributed by atoms with Crippen LogP contribution in [0.1, 0.15) is 45.1 Å². The predicted octanol–water partition coefficient (Wildman–Crippen LogP) is 3.84. The molecule has 0 fully saturated rings. The number of carbonyl (C=O) groups is 3. The number of aryl methyl sites for hydroxylation is 1. The first-order valence-corrected chi connectivity index (χ1v) is 9.33. The minimum Gasteiger partial charge on any atom is -0.469 e. The highest BCUT2D eigenvalue weighted by Gasteiger charge is 2.19. The molecule has 3 rings (SSSR count). The van der Waals surface area contributed by atoms with E-state index in [4.69, 9.17) is 9.15 Å². The van der Waals surface area contributed by atoms with Gasteiger partial charge in [-0.2, -0.15) is 0 Å². The van der Waals surface area contributed by atoms with Crippen molar-refractivity contribution >= 4 is 28.7 Å². The molecule has 0 radical (unpaired) electrons. The summed E-state index contributed by atoms with van der Waals surface area (Å²) >= 11 is 0. The van der Waals surface area contributed by atoms with Crippen molar-refractivity contribution in [1.82, 2.24) is 4.57 Å². The molecule has 0 atom stereocenters. The minimum absolute atomic E-state index is 0.0623. The first-order valence-electron chi connectivity index (χ1n) is 9.33. The second-order valence-corrected chi connectivity index (χ2v) is 6.76. The number of fused-ring (bicyclic) bond motifs is 1. The third-order valence-electron chi connectivity index (χ3n) is 4.83. The van der Waals surface area contributed by atoms with Crippen LogP contribution in [0.25, 0.3) is 11.0 Å². The molecule has 7 nitrogen and oxygen atoms in total. The van der Waals surface area contributed by atoms with E-state index < -0.39 is 5.97 Å². The van der Waals surface area contributed by atoms with E-state index >= 15 is 0 Å². The fraction of sp³-hybridized carbons (Fsp3) is 0.318. The van der Waals surface area contributed by atoms with Crippen LogP contribution in [0.2, 0.25) is 0 Å². The number of carbonyl (C=O) groups excluding carboxylic acids is 3. The Labute approximate surface area is 168 Å². The van der Waals surface area contributed by atoms with Gasteiger partial charge in [0.05, 0.1) is 7.11 Å². The number of furan rings is 1. The molecule has 0 aliphatic carbocycles. The Kier molecular flexibility index (Phi) is 6.16. The van der Waals surface area contributed by atoms with E-state index in [9.17, 15) is 14.4 Å². The van der Waals surface area contributed by atoms with Crippen LogP contribution in [-0.4, -0.2) is 36.0 Å². The number of Topliss-reactive ketones (excluding diaryl/α,β-unsaturated/α-hetero) is 1. The van der Waals surface area contributed by atoms with Crippen LogP contribution in [0, 0.1) is 13.8 Å². The molecular weight excluding hydrogens is 374 g/mol. The van der Waals surface area contributed by atoms with Gasteiger partial charge in [0.2, 0.25) is 11.5 Å². The fourth-order valence-electron chi connectivity index (χ4n) is 3.27. The maximum absolute atomic E-state index is 12.6. The predicted molar refractivity (Wildman–Crippen MR) is 106 cm³/mol. The van der Waals surface area contributed by atoms with Crippen LogP contribution in [0.4, 0.5) is 0 Å². The monoisotopic (exact) mass is 397 g/mol. The molecule has 29 heavy (non-hydrogen) atoms. The first-order chi connectivity index (χ1) is 13.9. The van der Waals surface area contributed by atoms with E-state index in [1.807, 2.05) is 36.6 Å². The Hall–Kier alpha value is -3.35. The van der Waals surface area contributed by atoms with E-state index in [2.05, 4.69) is 4.74 Å². The zero-order chi connectivity index (χ0) is 21.0. The summed E-state index contributed by atoms with van der Waals surface area (Å²) in [4.78, 5) is 36.1. The van der Waals surface area contributed by atoms with Crippen molar-refractivity contribution in [2.75, 3.05) is 13.7 Å². The van der Waals surface area contributed by atoms with Gasteiger partial charge in [0.25, 0.3) is 0 Å². The molecule has 0 saturated carbocycles. The van der Waals surface area contributed by atoms with Crippen LogP contribution in [0.15, 0.2) is 40.8 Å². The van der Waals surface area contributed by atoms with Crippen molar-refractivity contribution in [3.63, 3.8) is 0 Å². The molecule has 0 bridgehead atoms. The smallest absolute Gasteiger partial charge is 0.374 e. The number of rotatable bonds is 8. The molecule has 0 aliphatic heterocycles. The average Bonchev–Trinajstić information content (AvgIpc) is 3.27. The van der Waals surface area contributed by atoms with Crippen molar-refractivity contribution in [2.45, 2.75) is 33.2 Å². The second kappa shape index (κ2) is 8.77. The average molecular weight is 397 g/mol. The first kappa shape index (κ1) is 20.4. The fourth-order valence-corrected chi connectivity index (χ4v) is 3.27. The number of aromatic nitrogens is 1. The number of hydrogen-bond acceptors (Lipinski definition) is 6. The molecule has 0 unspecified atom stereocenters. The van der Waals surface area contributed by atoms with Crippen LogP contribution < -0.4 is 0 Å². The van der Waals surface area contributed by atoms with E-state index in [-0.39, 0.29) is 24.1 Å². The molecule has 2 heterocycles. The molecular formula is C22H23NO6. The third kappa shape index (κ3) is 4.56. The number of esters is 2. The molecule has 7 heteroatoms. The highest BCUT2D eigenvalue weighted by molar-refractivity contribution is 6.00. The van der Waals surface area contributed by atoms with Crippen LogP contribution >= 0.6 is 0 Å². The number of ketones is 1. The van der Waals surface area contributed by atoms with Gasteiger partial charge in [-0.3, -0.25) is 9.59 Å². The Bertz CT molecular complexity index is 1030. The van der Waals surface area contributed by atoms with Crippen molar-refractivity contribution in [1.29, 1.82) is 0 Å². The van der Waals surface area contributed by atoms with Gasteiger partial charge in [0.15, 0.2) is 6.61 Å². The lowest BCUT2D eigenvalue weighted by molar-refractivity contribution is -0.140. The molecule has 1 aromatic carbocycles. The summed E-state index contributed by atoms with van der Waals surface area (Å²) in [5, 5.41) is 0.793. The number of para-hydroxylation sites is 1. The zero-order valence-corrected chi connectivity index (χ0v) is 16.7. The largest absolute Gasteiger partial charge is 0.469 e. The minimum atomic E-state index is -0.679. The summed E-state index contributed by atoms with van der Waals surface area (Å²) in [5.41, 5.74) is 2.76. The zero-order valence-electron chi connectivity index (χ0n) is 16.7. The lowest BCUT2D eigenvalue weighted by atomic mass is 10.1. The quantitative estimate of drug-likeness (QED) is 0.424. The van der Waals surface area contributed by atoms with Crippen molar-refractivity contribution in [3.8, 4) is 0 Å². The highest BCUT2D eigenvalue weighted by Crippen LogP contribution is 2.20. The summed E-state index contributed by atoms with van der Waals surface area (Å²) in [7, 11) is 1.36. The number of hydrogen-bond donors (Lipinski definition) is 0. The molecule has 0 amide bonds. The highest BCUT2D eigenvalue weighted by atomic mass is 16.5. The van der Waals surface area contributed by atoms with Gasteiger partial charge in [0, 0.05) is 35.3 Å². The van der Waals surface area contributed by atoms with Gasteiger partial charge in [-0.05, 0) is 38.5 Å². The van der Waals surface area contributed by atoms with Gasteiger partial charge in [-0.1, -0.05) is 18.2 Å². The topological polar surface area (TPSA) is 87.7 Å². The summed E-state index contributed by atoms with van der Waals surface area (Å²) in [6.07, 6.45) is 0.920. The van der Waals surface area contributed by atoms with E-state index in [1.165, 1.54) is 7.11 Å². The Balaban J connectivity index is 1.62. The summed E-state index contributed by atoms with van der Waals surface area (Å²) in [6, 6.07) is 10.6. The summed E-state index contributed by atoms with van der Waals surface area (Å²) < 4.78 is 17.2. The van der Waals surface area contributed by atoms with E-state index in [0.29, 0.717) is 30.5 Å². The lowest BCUT2D eigenvalue weighted by Gasteiger charge is -2.09. The number of ether oxygens (including phenoxy) is 2. The molecule has 0 N–H and O–H groups in total. The van der Waals surface area contributed by atoms with Crippen LogP contribution in [-0.2, 0) is 20.8 Å². The standard InChI is InChI=1S/C22H23NO6/c1-14-11-17(15(2)23(14)10-6-9-21(25)27-3)18(24)13-28-22(26)20-12-16-7-4-5-8-19(16)29-20/h4-5,7-8,11-12H,6,9-10,13H2,1-3H3. The van der Waals surface area contributed by atoms with Gasteiger partial charge < -0.3 is 18.5 Å². The van der Waals surface area contributed by atoms with E-state index in [0.717, 1.165) is 16.8 Å². The Morgan fingerprint density at radius 3 is 2.59 bits per heavy atom. The number of benzene rings is 1. The summed E-state index contributed by atoms with van der Waals surface area (Å²) in [5.74, 6) is -1.17. The Morgan fingerprint density at radius 1 is 1.10 bits per heavy atom. The number of methoxy groups -OCH3 is 1. The molecule has 0 aliphatic rings.